The average molecular weight is 307 g/mol. The van der Waals surface area contributed by atoms with Gasteiger partial charge in [-0.3, -0.25) is 0 Å². The number of rotatable bonds is 4. The van der Waals surface area contributed by atoms with Crippen molar-refractivity contribution in [2.45, 2.75) is 18.5 Å². The highest BCUT2D eigenvalue weighted by atomic mass is 19.4. The van der Waals surface area contributed by atoms with Crippen molar-refractivity contribution in [3.05, 3.63) is 29.8 Å². The lowest BCUT2D eigenvalue weighted by atomic mass is 10.2. The van der Waals surface area contributed by atoms with Crippen molar-refractivity contribution in [3.63, 3.8) is 0 Å². The molecule has 0 saturated heterocycles. The van der Waals surface area contributed by atoms with Gasteiger partial charge in [-0.1, -0.05) is 0 Å². The standard InChI is InChI=1S/C9H4BF8O2/c11-4-1-5(12)3-6(2-4)19-10-20-7(8(13,14)15)9(16,17)18/h1-3,7H. The smallest absolute Gasteiger partial charge is 0.537 e. The molecule has 0 aromatic heterocycles. The molecule has 0 bridgehead atoms. The maximum atomic E-state index is 12.7. The van der Waals surface area contributed by atoms with Crippen LogP contribution in [0.3, 0.4) is 0 Å². The molecule has 0 fully saturated rings. The molecular weight excluding hydrogens is 303 g/mol. The highest BCUT2D eigenvalue weighted by molar-refractivity contribution is 6.19. The van der Waals surface area contributed by atoms with E-state index in [1.165, 1.54) is 0 Å². The van der Waals surface area contributed by atoms with Gasteiger partial charge in [0.05, 0.1) is 0 Å². The van der Waals surface area contributed by atoms with Crippen molar-refractivity contribution in [1.29, 1.82) is 0 Å². The summed E-state index contributed by atoms with van der Waals surface area (Å²) in [6.45, 7) is 0. The highest BCUT2D eigenvalue weighted by Crippen LogP contribution is 2.35. The summed E-state index contributed by atoms with van der Waals surface area (Å²) in [7, 11) is -0.292. The van der Waals surface area contributed by atoms with Gasteiger partial charge in [-0.2, -0.15) is 26.3 Å². The SMILES string of the molecule is Fc1cc(F)cc(O[B]OC(C(F)(F)F)C(F)(F)F)c1. The minimum Gasteiger partial charge on any atom is -0.537 e. The highest BCUT2D eigenvalue weighted by Gasteiger charge is 2.57. The minimum absolute atomic E-state index is 0.292. The molecule has 2 nitrogen and oxygen atoms in total. The quantitative estimate of drug-likeness (QED) is 0.627. The molecular formula is C9H4BF8O2. The molecule has 0 aliphatic heterocycles. The Labute approximate surface area is 107 Å². The molecule has 0 N–H and O–H groups in total. The summed E-state index contributed by atoms with van der Waals surface area (Å²) in [4.78, 5) is 0. The molecule has 0 heterocycles. The topological polar surface area (TPSA) is 18.5 Å². The predicted molar refractivity (Wildman–Crippen MR) is 49.7 cm³/mol. The van der Waals surface area contributed by atoms with E-state index in [0.717, 1.165) is 0 Å². The normalized spacial score (nSPS) is 12.7. The van der Waals surface area contributed by atoms with Crippen molar-refractivity contribution in [3.8, 4) is 5.75 Å². The summed E-state index contributed by atoms with van der Waals surface area (Å²) in [5.74, 6) is -2.92. The molecule has 0 unspecified atom stereocenters. The lowest BCUT2D eigenvalue weighted by molar-refractivity contribution is -0.302. The Hall–Kier alpha value is -1.52. The second kappa shape index (κ2) is 5.86. The van der Waals surface area contributed by atoms with Crippen LogP contribution < -0.4 is 4.65 Å². The van der Waals surface area contributed by atoms with Crippen LogP contribution in [0.1, 0.15) is 0 Å². The lowest BCUT2D eigenvalue weighted by Crippen LogP contribution is -2.45. The Morgan fingerprint density at radius 1 is 0.850 bits per heavy atom. The number of benzene rings is 1. The third-order valence-electron chi connectivity index (χ3n) is 1.81. The van der Waals surface area contributed by atoms with Crippen LogP contribution in [0.25, 0.3) is 0 Å². The predicted octanol–water partition coefficient (Wildman–Crippen LogP) is 3.39. The molecule has 111 valence electrons. The minimum atomic E-state index is -5.72. The van der Waals surface area contributed by atoms with E-state index in [0.29, 0.717) is 18.2 Å². The van der Waals surface area contributed by atoms with E-state index in [1.807, 2.05) is 0 Å². The Morgan fingerprint density at radius 3 is 1.70 bits per heavy atom. The fraction of sp³-hybridized carbons (Fsp3) is 0.333. The fourth-order valence-corrected chi connectivity index (χ4v) is 1.08. The van der Waals surface area contributed by atoms with E-state index in [2.05, 4.69) is 9.31 Å². The number of halogens is 8. The van der Waals surface area contributed by atoms with Gasteiger partial charge in [0.25, 0.3) is 0 Å². The first kappa shape index (κ1) is 16.5. The first-order valence-corrected chi connectivity index (χ1v) is 4.73. The van der Waals surface area contributed by atoms with E-state index in [1.54, 1.807) is 0 Å². The first-order valence-electron chi connectivity index (χ1n) is 4.73. The zero-order chi connectivity index (χ0) is 15.6. The van der Waals surface area contributed by atoms with Crippen molar-refractivity contribution in [2.24, 2.45) is 0 Å². The molecule has 0 amide bonds. The summed E-state index contributed by atoms with van der Waals surface area (Å²) in [6, 6.07) is 1.51. The molecule has 20 heavy (non-hydrogen) atoms. The second-order valence-corrected chi connectivity index (χ2v) is 3.42. The molecule has 1 aromatic carbocycles. The van der Waals surface area contributed by atoms with Gasteiger partial charge in [-0.05, 0) is 0 Å². The molecule has 1 radical (unpaired) electrons. The van der Waals surface area contributed by atoms with Crippen LogP contribution in [0.15, 0.2) is 18.2 Å². The van der Waals surface area contributed by atoms with Gasteiger partial charge in [0, 0.05) is 18.2 Å². The summed E-state index contributed by atoms with van der Waals surface area (Å²) >= 11 is 0. The van der Waals surface area contributed by atoms with Crippen molar-refractivity contribution in [2.75, 3.05) is 0 Å². The van der Waals surface area contributed by atoms with E-state index in [-0.39, 0.29) is 7.69 Å². The summed E-state index contributed by atoms with van der Waals surface area (Å²) in [6.07, 6.45) is -15.5. The number of hydrogen-bond acceptors (Lipinski definition) is 2. The third-order valence-corrected chi connectivity index (χ3v) is 1.81. The van der Waals surface area contributed by atoms with Gasteiger partial charge >= 0.3 is 20.0 Å². The molecule has 0 aliphatic rings. The van der Waals surface area contributed by atoms with Crippen LogP contribution in [0.2, 0.25) is 0 Å². The lowest BCUT2D eigenvalue weighted by Gasteiger charge is -2.22. The zero-order valence-electron chi connectivity index (χ0n) is 9.23. The van der Waals surface area contributed by atoms with E-state index >= 15 is 0 Å². The van der Waals surface area contributed by atoms with Crippen LogP contribution >= 0.6 is 0 Å². The molecule has 1 rings (SSSR count). The largest absolute Gasteiger partial charge is 0.573 e. The maximum absolute atomic E-state index is 12.7. The third kappa shape index (κ3) is 4.87. The molecule has 0 atom stereocenters. The van der Waals surface area contributed by atoms with Crippen molar-refractivity contribution >= 4 is 7.69 Å². The Kier molecular flexibility index (Phi) is 4.84. The van der Waals surface area contributed by atoms with Crippen molar-refractivity contribution < 1.29 is 44.4 Å². The summed E-state index contributed by atoms with van der Waals surface area (Å²) < 4.78 is 105. The Bertz CT molecular complexity index is 424. The Balaban J connectivity index is 2.65. The fourth-order valence-electron chi connectivity index (χ4n) is 1.08. The monoisotopic (exact) mass is 307 g/mol. The average Bonchev–Trinajstić information content (AvgIpc) is 2.19. The van der Waals surface area contributed by atoms with Gasteiger partial charge in [-0.25, -0.2) is 8.78 Å². The van der Waals surface area contributed by atoms with Crippen LogP contribution in [-0.4, -0.2) is 26.1 Å². The van der Waals surface area contributed by atoms with Gasteiger partial charge in [0.15, 0.2) is 0 Å². The van der Waals surface area contributed by atoms with Gasteiger partial charge < -0.3 is 9.31 Å². The summed E-state index contributed by atoms with van der Waals surface area (Å²) in [5, 5.41) is 0. The van der Waals surface area contributed by atoms with Crippen molar-refractivity contribution in [1.82, 2.24) is 0 Å². The van der Waals surface area contributed by atoms with Gasteiger partial charge in [0.1, 0.15) is 17.4 Å². The van der Waals surface area contributed by atoms with Crippen LogP contribution in [0, 0.1) is 11.6 Å². The van der Waals surface area contributed by atoms with Crippen LogP contribution in [-0.2, 0) is 4.65 Å². The summed E-state index contributed by atoms with van der Waals surface area (Å²) in [5.41, 5.74) is 0. The van der Waals surface area contributed by atoms with Gasteiger partial charge in [-0.15, -0.1) is 0 Å². The first-order chi connectivity index (χ1) is 9.00. The second-order valence-electron chi connectivity index (χ2n) is 3.42. The maximum Gasteiger partial charge on any atom is 0.573 e. The number of alkyl halides is 6. The number of hydrogen-bond donors (Lipinski definition) is 0. The van der Waals surface area contributed by atoms with E-state index < -0.39 is 35.8 Å². The molecule has 0 saturated carbocycles. The van der Waals surface area contributed by atoms with Crippen LogP contribution in [0.4, 0.5) is 35.1 Å². The van der Waals surface area contributed by atoms with E-state index in [9.17, 15) is 35.1 Å². The molecule has 11 heteroatoms. The van der Waals surface area contributed by atoms with Crippen LogP contribution in [0.5, 0.6) is 5.75 Å². The Morgan fingerprint density at radius 2 is 1.30 bits per heavy atom. The molecule has 0 spiro atoms. The zero-order valence-corrected chi connectivity index (χ0v) is 9.23. The van der Waals surface area contributed by atoms with E-state index in [4.69, 9.17) is 0 Å². The molecule has 0 aliphatic carbocycles. The van der Waals surface area contributed by atoms with Gasteiger partial charge in [0.2, 0.25) is 6.10 Å². The molecule has 1 aromatic rings.